The van der Waals surface area contributed by atoms with Gasteiger partial charge in [-0.1, -0.05) is 17.7 Å². The number of carbonyl (C=O) groups is 1. The summed E-state index contributed by atoms with van der Waals surface area (Å²) in [5.41, 5.74) is 4.26. The van der Waals surface area contributed by atoms with Gasteiger partial charge in [-0.25, -0.2) is 4.98 Å². The van der Waals surface area contributed by atoms with Gasteiger partial charge in [-0.15, -0.1) is 0 Å². The molecule has 3 aromatic rings. The van der Waals surface area contributed by atoms with Gasteiger partial charge in [0.05, 0.1) is 19.8 Å². The van der Waals surface area contributed by atoms with Crippen LogP contribution in [0, 0.1) is 13.8 Å². The van der Waals surface area contributed by atoms with Gasteiger partial charge in [0, 0.05) is 23.6 Å². The molecule has 2 N–H and O–H groups in total. The number of anilines is 3. The predicted octanol–water partition coefficient (Wildman–Crippen LogP) is 4.71. The SMILES string of the molecule is COc1ccc(Nc2ccc(C(=O)Nc3ccc(C)cc3C)cn2)cc1OC. The minimum atomic E-state index is -0.197. The van der Waals surface area contributed by atoms with E-state index in [0.29, 0.717) is 22.9 Å². The van der Waals surface area contributed by atoms with Crippen LogP contribution in [0.4, 0.5) is 17.2 Å². The van der Waals surface area contributed by atoms with Crippen molar-refractivity contribution >= 4 is 23.1 Å². The molecule has 0 spiro atoms. The van der Waals surface area contributed by atoms with Gasteiger partial charge < -0.3 is 20.1 Å². The van der Waals surface area contributed by atoms with Gasteiger partial charge in [0.1, 0.15) is 5.82 Å². The van der Waals surface area contributed by atoms with Crippen molar-refractivity contribution in [1.29, 1.82) is 0 Å². The molecule has 0 aliphatic carbocycles. The van der Waals surface area contributed by atoms with E-state index in [9.17, 15) is 4.79 Å². The Morgan fingerprint density at radius 3 is 2.36 bits per heavy atom. The zero-order chi connectivity index (χ0) is 20.1. The van der Waals surface area contributed by atoms with Crippen LogP contribution < -0.4 is 20.1 Å². The lowest BCUT2D eigenvalue weighted by molar-refractivity contribution is 0.102. The summed E-state index contributed by atoms with van der Waals surface area (Å²) in [7, 11) is 3.18. The molecular formula is C22H23N3O3. The average Bonchev–Trinajstić information content (AvgIpc) is 2.70. The second-order valence-electron chi connectivity index (χ2n) is 6.40. The third-order valence-corrected chi connectivity index (χ3v) is 4.31. The van der Waals surface area contributed by atoms with Gasteiger partial charge in [0.2, 0.25) is 0 Å². The number of pyridine rings is 1. The van der Waals surface area contributed by atoms with E-state index in [0.717, 1.165) is 22.5 Å². The number of nitrogens with zero attached hydrogens (tertiary/aromatic N) is 1. The minimum Gasteiger partial charge on any atom is -0.493 e. The highest BCUT2D eigenvalue weighted by atomic mass is 16.5. The number of amides is 1. The number of carbonyl (C=O) groups excluding carboxylic acids is 1. The molecule has 0 saturated heterocycles. The third kappa shape index (κ3) is 4.40. The van der Waals surface area contributed by atoms with Crippen LogP contribution in [0.15, 0.2) is 54.7 Å². The number of aromatic nitrogens is 1. The normalized spacial score (nSPS) is 10.3. The van der Waals surface area contributed by atoms with Crippen LogP contribution in [0.3, 0.4) is 0 Å². The van der Waals surface area contributed by atoms with Crippen LogP contribution in [0.5, 0.6) is 11.5 Å². The maximum absolute atomic E-state index is 12.5. The number of benzene rings is 2. The van der Waals surface area contributed by atoms with Crippen molar-refractivity contribution in [3.8, 4) is 11.5 Å². The molecule has 1 aromatic heterocycles. The third-order valence-electron chi connectivity index (χ3n) is 4.31. The zero-order valence-electron chi connectivity index (χ0n) is 16.4. The van der Waals surface area contributed by atoms with E-state index in [4.69, 9.17) is 9.47 Å². The van der Waals surface area contributed by atoms with Crippen LogP contribution in [0.25, 0.3) is 0 Å². The number of nitrogens with one attached hydrogen (secondary N) is 2. The van der Waals surface area contributed by atoms with Crippen LogP contribution in [-0.2, 0) is 0 Å². The van der Waals surface area contributed by atoms with Crippen LogP contribution >= 0.6 is 0 Å². The molecule has 0 atom stereocenters. The number of hydrogen-bond donors (Lipinski definition) is 2. The molecule has 6 nitrogen and oxygen atoms in total. The van der Waals surface area contributed by atoms with Crippen molar-refractivity contribution in [2.75, 3.05) is 24.9 Å². The maximum atomic E-state index is 12.5. The molecule has 0 saturated carbocycles. The molecule has 0 fully saturated rings. The Hall–Kier alpha value is -3.54. The van der Waals surface area contributed by atoms with E-state index in [2.05, 4.69) is 15.6 Å². The first kappa shape index (κ1) is 19.2. The highest BCUT2D eigenvalue weighted by molar-refractivity contribution is 6.04. The second-order valence-corrected chi connectivity index (χ2v) is 6.40. The summed E-state index contributed by atoms with van der Waals surface area (Å²) >= 11 is 0. The lowest BCUT2D eigenvalue weighted by Crippen LogP contribution is -2.13. The molecule has 0 aliphatic rings. The summed E-state index contributed by atoms with van der Waals surface area (Å²) in [6.45, 7) is 3.99. The lowest BCUT2D eigenvalue weighted by atomic mass is 10.1. The van der Waals surface area contributed by atoms with E-state index in [1.54, 1.807) is 32.5 Å². The van der Waals surface area contributed by atoms with Crippen molar-refractivity contribution in [3.63, 3.8) is 0 Å². The molecule has 2 aromatic carbocycles. The molecule has 0 bridgehead atoms. The fourth-order valence-electron chi connectivity index (χ4n) is 2.81. The van der Waals surface area contributed by atoms with E-state index < -0.39 is 0 Å². The van der Waals surface area contributed by atoms with Crippen LogP contribution in [0.1, 0.15) is 21.5 Å². The molecule has 1 amide bonds. The topological polar surface area (TPSA) is 72.5 Å². The number of rotatable bonds is 6. The van der Waals surface area contributed by atoms with Gasteiger partial charge in [-0.05, 0) is 49.7 Å². The Balaban J connectivity index is 1.70. The maximum Gasteiger partial charge on any atom is 0.257 e. The number of aryl methyl sites for hydroxylation is 2. The van der Waals surface area contributed by atoms with Crippen molar-refractivity contribution in [3.05, 3.63) is 71.4 Å². The molecule has 6 heteroatoms. The molecule has 3 rings (SSSR count). The van der Waals surface area contributed by atoms with E-state index in [1.807, 2.05) is 50.2 Å². The highest BCUT2D eigenvalue weighted by Crippen LogP contribution is 2.30. The van der Waals surface area contributed by atoms with Gasteiger partial charge in [-0.3, -0.25) is 4.79 Å². The average molecular weight is 377 g/mol. The first-order valence-electron chi connectivity index (χ1n) is 8.84. The molecule has 144 valence electrons. The fraction of sp³-hybridized carbons (Fsp3) is 0.182. The molecular weight excluding hydrogens is 354 g/mol. The Labute approximate surface area is 164 Å². The van der Waals surface area contributed by atoms with Crippen molar-refractivity contribution in [1.82, 2.24) is 4.98 Å². The molecule has 1 heterocycles. The summed E-state index contributed by atoms with van der Waals surface area (Å²) in [4.78, 5) is 16.8. The first-order chi connectivity index (χ1) is 13.5. The van der Waals surface area contributed by atoms with Crippen molar-refractivity contribution < 1.29 is 14.3 Å². The summed E-state index contributed by atoms with van der Waals surface area (Å²) in [6.07, 6.45) is 1.54. The van der Waals surface area contributed by atoms with Gasteiger partial charge >= 0.3 is 0 Å². The summed E-state index contributed by atoms with van der Waals surface area (Å²) in [5, 5.41) is 6.10. The Morgan fingerprint density at radius 2 is 1.71 bits per heavy atom. The molecule has 28 heavy (non-hydrogen) atoms. The predicted molar refractivity (Wildman–Crippen MR) is 111 cm³/mol. The Morgan fingerprint density at radius 1 is 0.929 bits per heavy atom. The smallest absolute Gasteiger partial charge is 0.257 e. The zero-order valence-corrected chi connectivity index (χ0v) is 16.4. The standard InChI is InChI=1S/C22H23N3O3/c1-14-5-8-18(15(2)11-14)25-22(26)16-6-10-21(23-13-16)24-17-7-9-19(27-3)20(12-17)28-4/h5-13H,1-4H3,(H,23,24)(H,25,26). The van der Waals surface area contributed by atoms with Crippen molar-refractivity contribution in [2.45, 2.75) is 13.8 Å². The summed E-state index contributed by atoms with van der Waals surface area (Å²) < 4.78 is 10.5. The summed E-state index contributed by atoms with van der Waals surface area (Å²) in [6, 6.07) is 14.9. The minimum absolute atomic E-state index is 0.197. The van der Waals surface area contributed by atoms with Crippen molar-refractivity contribution in [2.24, 2.45) is 0 Å². The Bertz CT molecular complexity index is 985. The molecule has 0 unspecified atom stereocenters. The number of ether oxygens (including phenoxy) is 2. The number of methoxy groups -OCH3 is 2. The largest absolute Gasteiger partial charge is 0.493 e. The van der Waals surface area contributed by atoms with E-state index in [1.165, 1.54) is 0 Å². The quantitative estimate of drug-likeness (QED) is 0.651. The lowest BCUT2D eigenvalue weighted by Gasteiger charge is -2.11. The first-order valence-corrected chi connectivity index (χ1v) is 8.84. The summed E-state index contributed by atoms with van der Waals surface area (Å²) in [5.74, 6) is 1.70. The second kappa shape index (κ2) is 8.43. The molecule has 0 radical (unpaired) electrons. The van der Waals surface area contributed by atoms with E-state index >= 15 is 0 Å². The fourth-order valence-corrected chi connectivity index (χ4v) is 2.81. The highest BCUT2D eigenvalue weighted by Gasteiger charge is 2.09. The monoisotopic (exact) mass is 377 g/mol. The van der Waals surface area contributed by atoms with Gasteiger partial charge in [-0.2, -0.15) is 0 Å². The van der Waals surface area contributed by atoms with Crippen LogP contribution in [-0.4, -0.2) is 25.1 Å². The van der Waals surface area contributed by atoms with Gasteiger partial charge in [0.15, 0.2) is 11.5 Å². The molecule has 0 aliphatic heterocycles. The Kier molecular flexibility index (Phi) is 5.79. The van der Waals surface area contributed by atoms with Gasteiger partial charge in [0.25, 0.3) is 5.91 Å². The number of hydrogen-bond acceptors (Lipinski definition) is 5. The van der Waals surface area contributed by atoms with Crippen LogP contribution in [0.2, 0.25) is 0 Å². The van der Waals surface area contributed by atoms with E-state index in [-0.39, 0.29) is 5.91 Å².